The van der Waals surface area contributed by atoms with Crippen molar-refractivity contribution in [3.8, 4) is 0 Å². The average Bonchev–Trinajstić information content (AvgIpc) is 2.99. The van der Waals surface area contributed by atoms with Gasteiger partial charge >= 0.3 is 6.18 Å². The van der Waals surface area contributed by atoms with E-state index >= 15 is 0 Å². The molecule has 6 nitrogen and oxygen atoms in total. The number of carbonyl (C=O) groups is 1. The summed E-state index contributed by atoms with van der Waals surface area (Å²) in [5.41, 5.74) is 1.58. The first-order valence-electron chi connectivity index (χ1n) is 7.89. The molecule has 0 aliphatic rings. The number of hydrogen-bond donors (Lipinski definition) is 1. The third kappa shape index (κ3) is 3.81. The first kappa shape index (κ1) is 17.8. The lowest BCUT2D eigenvalue weighted by Gasteiger charge is -2.07. The third-order valence-corrected chi connectivity index (χ3v) is 3.80. The second-order valence-corrected chi connectivity index (χ2v) is 5.89. The molecule has 0 aliphatic heterocycles. The Morgan fingerprint density at radius 2 is 1.85 bits per heavy atom. The van der Waals surface area contributed by atoms with E-state index in [1.165, 1.54) is 16.6 Å². The van der Waals surface area contributed by atoms with Gasteiger partial charge < -0.3 is 5.32 Å². The van der Waals surface area contributed by atoms with Crippen LogP contribution in [0, 0.1) is 13.8 Å². The minimum Gasteiger partial charge on any atom is -0.349 e. The fraction of sp³-hybridized carbons (Fsp3) is 0.294. The lowest BCUT2D eigenvalue weighted by Crippen LogP contribution is -2.26. The molecule has 1 amide bonds. The zero-order valence-corrected chi connectivity index (χ0v) is 14.1. The van der Waals surface area contributed by atoms with Crippen molar-refractivity contribution in [3.05, 3.63) is 58.7 Å². The van der Waals surface area contributed by atoms with Crippen molar-refractivity contribution < 1.29 is 18.0 Å². The number of benzene rings is 1. The molecule has 0 fully saturated rings. The minimum absolute atomic E-state index is 0.00128. The number of hydrogen-bond acceptors (Lipinski definition) is 4. The molecule has 0 spiro atoms. The van der Waals surface area contributed by atoms with Crippen LogP contribution in [0.5, 0.6) is 0 Å². The van der Waals surface area contributed by atoms with Gasteiger partial charge in [-0.2, -0.15) is 18.2 Å². The predicted octanol–water partition coefficient (Wildman–Crippen LogP) is 2.73. The molecule has 0 saturated heterocycles. The highest BCUT2D eigenvalue weighted by Crippen LogP contribution is 2.29. The van der Waals surface area contributed by atoms with Crippen LogP contribution >= 0.6 is 0 Å². The van der Waals surface area contributed by atoms with Crippen LogP contribution in [-0.2, 0) is 12.6 Å². The summed E-state index contributed by atoms with van der Waals surface area (Å²) in [6, 6.07) is 6.67. The Balaban J connectivity index is 1.61. The molecule has 0 atom stereocenters. The average molecular weight is 363 g/mol. The number of amides is 1. The molecule has 136 valence electrons. The van der Waals surface area contributed by atoms with Crippen molar-refractivity contribution in [1.29, 1.82) is 0 Å². The van der Waals surface area contributed by atoms with Gasteiger partial charge in [0.15, 0.2) is 0 Å². The summed E-state index contributed by atoms with van der Waals surface area (Å²) in [6.45, 7) is 3.92. The Labute approximate surface area is 147 Å². The van der Waals surface area contributed by atoms with Crippen LogP contribution in [-0.4, -0.2) is 32.0 Å². The molecule has 2 heterocycles. The van der Waals surface area contributed by atoms with E-state index in [-0.39, 0.29) is 12.4 Å². The predicted molar refractivity (Wildman–Crippen MR) is 87.7 cm³/mol. The SMILES string of the molecule is Cc1cc(C)n2nc(C(=O)NCCc3ccc(C(F)(F)F)cc3)nc2n1. The molecule has 3 rings (SSSR count). The highest BCUT2D eigenvalue weighted by molar-refractivity contribution is 5.90. The highest BCUT2D eigenvalue weighted by atomic mass is 19.4. The van der Waals surface area contributed by atoms with E-state index in [1.807, 2.05) is 19.9 Å². The standard InChI is InChI=1S/C17H16F3N5O/c1-10-9-11(2)25-16(22-10)23-14(24-25)15(26)21-8-7-12-3-5-13(6-4-12)17(18,19)20/h3-6,9H,7-8H2,1-2H3,(H,21,26). The van der Waals surface area contributed by atoms with Gasteiger partial charge in [-0.15, -0.1) is 5.10 Å². The summed E-state index contributed by atoms with van der Waals surface area (Å²) in [6.07, 6.45) is -3.96. The van der Waals surface area contributed by atoms with Crippen molar-refractivity contribution in [2.45, 2.75) is 26.4 Å². The van der Waals surface area contributed by atoms with Gasteiger partial charge in [0.2, 0.25) is 5.82 Å². The fourth-order valence-corrected chi connectivity index (χ4v) is 2.52. The summed E-state index contributed by atoms with van der Waals surface area (Å²) < 4.78 is 39.1. The van der Waals surface area contributed by atoms with Crippen LogP contribution in [0.25, 0.3) is 5.78 Å². The van der Waals surface area contributed by atoms with Crippen LogP contribution < -0.4 is 5.32 Å². The fourth-order valence-electron chi connectivity index (χ4n) is 2.52. The Morgan fingerprint density at radius 1 is 1.15 bits per heavy atom. The van der Waals surface area contributed by atoms with Gasteiger partial charge in [-0.1, -0.05) is 12.1 Å². The molecule has 0 aliphatic carbocycles. The van der Waals surface area contributed by atoms with Crippen LogP contribution in [0.2, 0.25) is 0 Å². The second kappa shape index (κ2) is 6.74. The Morgan fingerprint density at radius 3 is 2.50 bits per heavy atom. The number of nitrogens with zero attached hydrogens (tertiary/aromatic N) is 4. The zero-order chi connectivity index (χ0) is 18.9. The molecule has 9 heteroatoms. The van der Waals surface area contributed by atoms with Crippen LogP contribution in [0.15, 0.2) is 30.3 Å². The van der Waals surface area contributed by atoms with Crippen molar-refractivity contribution in [3.63, 3.8) is 0 Å². The Bertz CT molecular complexity index is 947. The number of alkyl halides is 3. The topological polar surface area (TPSA) is 72.2 Å². The van der Waals surface area contributed by atoms with E-state index in [0.29, 0.717) is 17.8 Å². The van der Waals surface area contributed by atoms with Gasteiger partial charge in [0.1, 0.15) is 0 Å². The number of carbonyl (C=O) groups excluding carboxylic acids is 1. The van der Waals surface area contributed by atoms with Crippen LogP contribution in [0.4, 0.5) is 13.2 Å². The maximum absolute atomic E-state index is 12.5. The van der Waals surface area contributed by atoms with E-state index in [4.69, 9.17) is 0 Å². The number of fused-ring (bicyclic) bond motifs is 1. The van der Waals surface area contributed by atoms with Gasteiger partial charge in [-0.05, 0) is 44.0 Å². The zero-order valence-electron chi connectivity index (χ0n) is 14.1. The summed E-state index contributed by atoms with van der Waals surface area (Å²) in [7, 11) is 0. The van der Waals surface area contributed by atoms with Gasteiger partial charge in [0, 0.05) is 17.9 Å². The third-order valence-electron chi connectivity index (χ3n) is 3.80. The molecule has 3 aromatic rings. The summed E-state index contributed by atoms with van der Waals surface area (Å²) in [5.74, 6) is -0.117. The van der Waals surface area contributed by atoms with Crippen molar-refractivity contribution >= 4 is 11.7 Å². The Kier molecular flexibility index (Phi) is 4.62. The van der Waals surface area contributed by atoms with Crippen LogP contribution in [0.1, 0.15) is 33.1 Å². The minimum atomic E-state index is -4.36. The molecular formula is C17H16F3N5O. The first-order chi connectivity index (χ1) is 12.2. The van der Waals surface area contributed by atoms with Crippen molar-refractivity contribution in [2.75, 3.05) is 6.54 Å². The number of aromatic nitrogens is 4. The number of halogens is 3. The second-order valence-electron chi connectivity index (χ2n) is 5.89. The summed E-state index contributed by atoms with van der Waals surface area (Å²) in [5, 5.41) is 6.78. The molecule has 0 bridgehead atoms. The molecule has 0 radical (unpaired) electrons. The van der Waals surface area contributed by atoms with E-state index < -0.39 is 17.6 Å². The number of rotatable bonds is 4. The quantitative estimate of drug-likeness (QED) is 0.774. The summed E-state index contributed by atoms with van der Waals surface area (Å²) >= 11 is 0. The molecule has 0 saturated carbocycles. The molecule has 1 aromatic carbocycles. The molecule has 1 N–H and O–H groups in total. The maximum Gasteiger partial charge on any atom is 0.416 e. The number of nitrogens with one attached hydrogen (secondary N) is 1. The normalized spacial score (nSPS) is 11.7. The number of aryl methyl sites for hydroxylation is 2. The van der Waals surface area contributed by atoms with Crippen molar-refractivity contribution in [2.24, 2.45) is 0 Å². The molecule has 0 unspecified atom stereocenters. The largest absolute Gasteiger partial charge is 0.416 e. The van der Waals surface area contributed by atoms with E-state index in [9.17, 15) is 18.0 Å². The van der Waals surface area contributed by atoms with Gasteiger partial charge in [-0.3, -0.25) is 4.79 Å². The monoisotopic (exact) mass is 363 g/mol. The molecule has 26 heavy (non-hydrogen) atoms. The summed E-state index contributed by atoms with van der Waals surface area (Å²) in [4.78, 5) is 20.5. The lowest BCUT2D eigenvalue weighted by molar-refractivity contribution is -0.137. The maximum atomic E-state index is 12.5. The van der Waals surface area contributed by atoms with Crippen LogP contribution in [0.3, 0.4) is 0 Å². The van der Waals surface area contributed by atoms with Crippen molar-refractivity contribution in [1.82, 2.24) is 24.9 Å². The smallest absolute Gasteiger partial charge is 0.349 e. The molecule has 2 aromatic heterocycles. The first-order valence-corrected chi connectivity index (χ1v) is 7.89. The Hall–Kier alpha value is -2.97. The van der Waals surface area contributed by atoms with E-state index in [0.717, 1.165) is 23.5 Å². The van der Waals surface area contributed by atoms with Gasteiger partial charge in [-0.25, -0.2) is 9.50 Å². The van der Waals surface area contributed by atoms with E-state index in [1.54, 1.807) is 0 Å². The highest BCUT2D eigenvalue weighted by Gasteiger charge is 2.29. The lowest BCUT2D eigenvalue weighted by atomic mass is 10.1. The van der Waals surface area contributed by atoms with Gasteiger partial charge in [0.05, 0.1) is 5.56 Å². The van der Waals surface area contributed by atoms with E-state index in [2.05, 4.69) is 20.4 Å². The van der Waals surface area contributed by atoms with Gasteiger partial charge in [0.25, 0.3) is 11.7 Å². The molecular weight excluding hydrogens is 347 g/mol.